The van der Waals surface area contributed by atoms with E-state index in [4.69, 9.17) is 0 Å². The van der Waals surface area contributed by atoms with Crippen LogP contribution in [0, 0.1) is 5.82 Å². The van der Waals surface area contributed by atoms with Crippen molar-refractivity contribution in [3.05, 3.63) is 53.3 Å². The van der Waals surface area contributed by atoms with Gasteiger partial charge in [0.15, 0.2) is 0 Å². The number of hydrogen-bond donors (Lipinski definition) is 2. The van der Waals surface area contributed by atoms with Gasteiger partial charge in [-0.1, -0.05) is 13.8 Å². The fraction of sp³-hybridized carbons (Fsp3) is 0.391. The van der Waals surface area contributed by atoms with Crippen molar-refractivity contribution in [1.82, 2.24) is 4.90 Å². The number of carbonyl (C=O) groups is 1. The van der Waals surface area contributed by atoms with Crippen LogP contribution in [-0.2, 0) is 11.0 Å². The molecule has 2 aromatic rings. The number of carbonyl (C=O) groups excluding carboxylic acids is 1. The Morgan fingerprint density at radius 3 is 2.56 bits per heavy atom. The molecule has 1 aliphatic rings. The van der Waals surface area contributed by atoms with E-state index in [-0.39, 0.29) is 17.4 Å². The Hall–Kier alpha value is -2.94. The molecule has 0 bridgehead atoms. The van der Waals surface area contributed by atoms with Crippen LogP contribution in [0.5, 0.6) is 0 Å². The van der Waals surface area contributed by atoms with Gasteiger partial charge in [0.2, 0.25) is 5.91 Å². The zero-order valence-corrected chi connectivity index (χ0v) is 18.1. The van der Waals surface area contributed by atoms with Crippen molar-refractivity contribution >= 4 is 29.2 Å². The van der Waals surface area contributed by atoms with E-state index in [1.165, 1.54) is 36.5 Å². The molecule has 5 nitrogen and oxygen atoms in total. The van der Waals surface area contributed by atoms with Crippen LogP contribution < -0.4 is 10.6 Å². The molecule has 1 aliphatic heterocycles. The minimum Gasteiger partial charge on any atom is -0.381 e. The Morgan fingerprint density at radius 2 is 1.91 bits per heavy atom. The van der Waals surface area contributed by atoms with Crippen molar-refractivity contribution in [3.63, 3.8) is 0 Å². The molecule has 2 unspecified atom stereocenters. The number of halogens is 4. The van der Waals surface area contributed by atoms with E-state index in [0.717, 1.165) is 19.2 Å². The number of hydrogen-bond acceptors (Lipinski definition) is 4. The zero-order chi connectivity index (χ0) is 23.5. The normalized spacial score (nSPS) is 17.0. The lowest BCUT2D eigenvalue weighted by Gasteiger charge is -2.25. The Labute approximate surface area is 184 Å². The van der Waals surface area contributed by atoms with Gasteiger partial charge in [-0.05, 0) is 62.0 Å². The second-order valence-electron chi connectivity index (χ2n) is 7.74. The van der Waals surface area contributed by atoms with Gasteiger partial charge in [0.05, 0.1) is 11.3 Å². The van der Waals surface area contributed by atoms with Gasteiger partial charge in [-0.3, -0.25) is 9.79 Å². The molecule has 0 saturated carbocycles. The third kappa shape index (κ3) is 5.45. The SMILES string of the molecule is CCN(CC)CC(C)Nc1ccc(N=CC2C(=O)Nc3ccc(F)cc32)cc1C(F)(F)F. The summed E-state index contributed by atoms with van der Waals surface area (Å²) >= 11 is 0. The molecule has 0 spiro atoms. The summed E-state index contributed by atoms with van der Waals surface area (Å²) in [4.78, 5) is 18.4. The molecule has 0 fully saturated rings. The van der Waals surface area contributed by atoms with Crippen LogP contribution in [-0.4, -0.2) is 42.7 Å². The summed E-state index contributed by atoms with van der Waals surface area (Å²) in [5.74, 6) is -1.79. The summed E-state index contributed by atoms with van der Waals surface area (Å²) in [6.07, 6.45) is -3.34. The third-order valence-corrected chi connectivity index (χ3v) is 5.40. The molecule has 2 atom stereocenters. The number of likely N-dealkylation sites (N-methyl/N-ethyl adjacent to an activating group) is 1. The number of nitrogens with one attached hydrogen (secondary N) is 2. The smallest absolute Gasteiger partial charge is 0.381 e. The Kier molecular flexibility index (Phi) is 7.18. The monoisotopic (exact) mass is 450 g/mol. The summed E-state index contributed by atoms with van der Waals surface area (Å²) in [5.41, 5.74) is 0.0591. The predicted molar refractivity (Wildman–Crippen MR) is 118 cm³/mol. The first-order valence-corrected chi connectivity index (χ1v) is 10.5. The maximum absolute atomic E-state index is 13.7. The molecule has 0 radical (unpaired) electrons. The molecule has 2 aromatic carbocycles. The molecule has 172 valence electrons. The Morgan fingerprint density at radius 1 is 1.19 bits per heavy atom. The highest BCUT2D eigenvalue weighted by Gasteiger charge is 2.34. The standard InChI is InChI=1S/C23H26F4N4O/c1-4-31(5-2)13-14(3)29-21-9-7-16(11-19(21)23(25,26)27)28-12-18-17-10-15(24)6-8-20(17)30-22(18)32/h6-12,14,18,29H,4-5,13H2,1-3H3,(H,30,32). The van der Waals surface area contributed by atoms with Crippen molar-refractivity contribution < 1.29 is 22.4 Å². The number of benzene rings is 2. The number of nitrogens with zero attached hydrogens (tertiary/aromatic N) is 2. The first-order chi connectivity index (χ1) is 15.1. The first kappa shape index (κ1) is 23.7. The highest BCUT2D eigenvalue weighted by Crippen LogP contribution is 2.38. The van der Waals surface area contributed by atoms with Gasteiger partial charge in [0.1, 0.15) is 11.7 Å². The molecule has 1 amide bonds. The van der Waals surface area contributed by atoms with Gasteiger partial charge < -0.3 is 15.5 Å². The van der Waals surface area contributed by atoms with Gasteiger partial charge in [-0.15, -0.1) is 0 Å². The average molecular weight is 450 g/mol. The van der Waals surface area contributed by atoms with Gasteiger partial charge in [-0.2, -0.15) is 13.2 Å². The van der Waals surface area contributed by atoms with Crippen LogP contribution in [0.3, 0.4) is 0 Å². The topological polar surface area (TPSA) is 56.7 Å². The van der Waals surface area contributed by atoms with Crippen LogP contribution >= 0.6 is 0 Å². The third-order valence-electron chi connectivity index (χ3n) is 5.40. The molecule has 0 aliphatic carbocycles. The molecule has 1 heterocycles. The van der Waals surface area contributed by atoms with Crippen LogP contribution in [0.1, 0.15) is 37.8 Å². The fourth-order valence-electron chi connectivity index (χ4n) is 3.72. The first-order valence-electron chi connectivity index (χ1n) is 10.5. The number of amides is 1. The van der Waals surface area contributed by atoms with Gasteiger partial charge in [0, 0.05) is 30.2 Å². The van der Waals surface area contributed by atoms with Gasteiger partial charge in [-0.25, -0.2) is 4.39 Å². The summed E-state index contributed by atoms with van der Waals surface area (Å²) in [6.45, 7) is 8.06. The van der Waals surface area contributed by atoms with E-state index in [0.29, 0.717) is 17.8 Å². The highest BCUT2D eigenvalue weighted by molar-refractivity contribution is 6.12. The van der Waals surface area contributed by atoms with Crippen LogP contribution in [0.15, 0.2) is 41.4 Å². The lowest BCUT2D eigenvalue weighted by molar-refractivity contribution is -0.137. The van der Waals surface area contributed by atoms with Gasteiger partial charge >= 0.3 is 6.18 Å². The van der Waals surface area contributed by atoms with E-state index >= 15 is 0 Å². The van der Waals surface area contributed by atoms with E-state index in [9.17, 15) is 22.4 Å². The van der Waals surface area contributed by atoms with E-state index in [1.807, 2.05) is 20.8 Å². The molecule has 2 N–H and O–H groups in total. The van der Waals surface area contributed by atoms with E-state index < -0.39 is 29.4 Å². The predicted octanol–water partition coefficient (Wildman–Crippen LogP) is 5.42. The number of anilines is 2. The van der Waals surface area contributed by atoms with Crippen molar-refractivity contribution in [2.24, 2.45) is 4.99 Å². The quantitative estimate of drug-likeness (QED) is 0.417. The molecular weight excluding hydrogens is 424 g/mol. The largest absolute Gasteiger partial charge is 0.418 e. The average Bonchev–Trinajstić information content (AvgIpc) is 3.04. The van der Waals surface area contributed by atoms with E-state index in [2.05, 4.69) is 20.5 Å². The van der Waals surface area contributed by atoms with Crippen LogP contribution in [0.2, 0.25) is 0 Å². The van der Waals surface area contributed by atoms with Crippen molar-refractivity contribution in [1.29, 1.82) is 0 Å². The Balaban J connectivity index is 1.83. The highest BCUT2D eigenvalue weighted by atomic mass is 19.4. The molecule has 0 aromatic heterocycles. The number of fused-ring (bicyclic) bond motifs is 1. The summed E-state index contributed by atoms with van der Waals surface area (Å²) in [7, 11) is 0. The zero-order valence-electron chi connectivity index (χ0n) is 18.1. The summed E-state index contributed by atoms with van der Waals surface area (Å²) in [5, 5.41) is 5.56. The van der Waals surface area contributed by atoms with E-state index in [1.54, 1.807) is 0 Å². The minimum absolute atomic E-state index is 0.0258. The molecular formula is C23H26F4N4O. The van der Waals surface area contributed by atoms with Crippen molar-refractivity contribution in [2.75, 3.05) is 30.3 Å². The second-order valence-corrected chi connectivity index (χ2v) is 7.74. The number of aliphatic imine (C=N–C) groups is 1. The summed E-state index contributed by atoms with van der Waals surface area (Å²) in [6, 6.07) is 7.43. The fourth-order valence-corrected chi connectivity index (χ4v) is 3.72. The Bertz CT molecular complexity index is 1000. The van der Waals surface area contributed by atoms with Crippen LogP contribution in [0.4, 0.5) is 34.6 Å². The lowest BCUT2D eigenvalue weighted by Crippen LogP contribution is -2.35. The van der Waals surface area contributed by atoms with Gasteiger partial charge in [0.25, 0.3) is 0 Å². The summed E-state index contributed by atoms with van der Waals surface area (Å²) < 4.78 is 54.7. The van der Waals surface area contributed by atoms with Crippen molar-refractivity contribution in [3.8, 4) is 0 Å². The molecule has 9 heteroatoms. The maximum atomic E-state index is 13.7. The minimum atomic E-state index is -4.58. The number of rotatable bonds is 8. The molecule has 0 saturated heterocycles. The second kappa shape index (κ2) is 9.68. The number of alkyl halides is 3. The van der Waals surface area contributed by atoms with Crippen LogP contribution in [0.25, 0.3) is 0 Å². The van der Waals surface area contributed by atoms with Crippen molar-refractivity contribution in [2.45, 2.75) is 38.9 Å². The molecule has 3 rings (SSSR count). The molecule has 32 heavy (non-hydrogen) atoms. The maximum Gasteiger partial charge on any atom is 0.418 e. The lowest BCUT2D eigenvalue weighted by atomic mass is 10.0.